The highest BCUT2D eigenvalue weighted by molar-refractivity contribution is 5.42. The van der Waals surface area contributed by atoms with Gasteiger partial charge in [-0.15, -0.1) is 0 Å². The van der Waals surface area contributed by atoms with E-state index in [1.165, 1.54) is 0 Å². The molecule has 0 bridgehead atoms. The standard InChI is InChI=1S/C10H9F6NO.C9H7F6NO.CH4O/c1-18-8(9(11,12)13,10(14,15)16)6-2-4-7(17)5-3-6;10-8(11,12)7(17,9(13,14)15)5-1-3-6(16)4-2-5;1-2/h2-5H,17H2,1H3;1-4,17H,16H2;2H,1H3. The van der Waals surface area contributed by atoms with Crippen LogP contribution in [0.15, 0.2) is 48.5 Å². The summed E-state index contributed by atoms with van der Waals surface area (Å²) in [5.74, 6) is 0. The number of rotatable bonds is 3. The maximum Gasteiger partial charge on any atom is 0.430 e. The fraction of sp³-hybridized carbons (Fsp3) is 0.400. The zero-order valence-corrected chi connectivity index (χ0v) is 18.6. The van der Waals surface area contributed by atoms with E-state index >= 15 is 0 Å². The fourth-order valence-corrected chi connectivity index (χ4v) is 2.77. The molecule has 212 valence electrons. The Morgan fingerprint density at radius 1 is 0.541 bits per heavy atom. The average Bonchev–Trinajstić information content (AvgIpc) is 2.74. The molecule has 6 N–H and O–H groups in total. The normalized spacial score (nSPS) is 13.2. The molecule has 0 aliphatic carbocycles. The predicted octanol–water partition coefficient (Wildman–Crippen LogP) is 5.42. The summed E-state index contributed by atoms with van der Waals surface area (Å²) in [5, 5.41) is 16.0. The zero-order chi connectivity index (χ0) is 29.7. The van der Waals surface area contributed by atoms with Crippen molar-refractivity contribution in [2.75, 3.05) is 25.7 Å². The van der Waals surface area contributed by atoms with Crippen LogP contribution in [-0.2, 0) is 15.9 Å². The number of hydrogen-bond donors (Lipinski definition) is 4. The molecule has 0 aliphatic rings. The molecule has 0 saturated carbocycles. The third-order valence-electron chi connectivity index (χ3n) is 4.57. The molecule has 0 aromatic heterocycles. The van der Waals surface area contributed by atoms with Crippen LogP contribution >= 0.6 is 0 Å². The van der Waals surface area contributed by atoms with Crippen LogP contribution in [0.4, 0.5) is 64.1 Å². The second-order valence-corrected chi connectivity index (χ2v) is 6.83. The van der Waals surface area contributed by atoms with Crippen LogP contribution in [0, 0.1) is 0 Å². The molecule has 0 fully saturated rings. The Morgan fingerprint density at radius 3 is 1.03 bits per heavy atom. The van der Waals surface area contributed by atoms with E-state index in [0.717, 1.165) is 31.4 Å². The highest BCUT2D eigenvalue weighted by Gasteiger charge is 2.73. The first kappa shape index (κ1) is 34.1. The Hall–Kier alpha value is -2.92. The van der Waals surface area contributed by atoms with Gasteiger partial charge in [0, 0.05) is 36.7 Å². The van der Waals surface area contributed by atoms with Crippen molar-refractivity contribution >= 4 is 11.4 Å². The molecule has 0 spiro atoms. The smallest absolute Gasteiger partial charge is 0.400 e. The first-order valence-corrected chi connectivity index (χ1v) is 9.27. The van der Waals surface area contributed by atoms with Crippen LogP contribution < -0.4 is 11.5 Å². The van der Waals surface area contributed by atoms with E-state index in [9.17, 15) is 52.7 Å². The second kappa shape index (κ2) is 11.6. The van der Waals surface area contributed by atoms with Gasteiger partial charge in [-0.25, -0.2) is 0 Å². The highest BCUT2D eigenvalue weighted by Crippen LogP contribution is 2.52. The van der Waals surface area contributed by atoms with Crippen molar-refractivity contribution in [3.63, 3.8) is 0 Å². The van der Waals surface area contributed by atoms with E-state index < -0.39 is 47.0 Å². The van der Waals surface area contributed by atoms with Crippen LogP contribution in [0.2, 0.25) is 0 Å². The minimum atomic E-state index is -5.87. The number of alkyl halides is 12. The first-order chi connectivity index (χ1) is 16.6. The molecule has 0 atom stereocenters. The monoisotopic (exact) mass is 564 g/mol. The molecule has 0 heterocycles. The molecule has 0 radical (unpaired) electrons. The lowest BCUT2D eigenvalue weighted by Gasteiger charge is -2.36. The van der Waals surface area contributed by atoms with Crippen molar-refractivity contribution in [1.29, 1.82) is 0 Å². The van der Waals surface area contributed by atoms with E-state index in [4.69, 9.17) is 21.7 Å². The third kappa shape index (κ3) is 6.89. The highest BCUT2D eigenvalue weighted by atomic mass is 19.4. The number of ether oxygens (including phenoxy) is 1. The Balaban J connectivity index is 0.000000657. The molecule has 2 aromatic rings. The molecule has 37 heavy (non-hydrogen) atoms. The number of halogens is 12. The zero-order valence-electron chi connectivity index (χ0n) is 18.6. The number of aliphatic hydroxyl groups excluding tert-OH is 1. The number of nitrogen functional groups attached to an aromatic ring is 2. The number of hydrogen-bond acceptors (Lipinski definition) is 5. The average molecular weight is 564 g/mol. The number of nitrogens with two attached hydrogens (primary N) is 2. The summed E-state index contributed by atoms with van der Waals surface area (Å²) in [5.41, 5.74) is -1.24. The Kier molecular flexibility index (Phi) is 10.7. The quantitative estimate of drug-likeness (QED) is 0.295. The molecular formula is C20H20F12N2O3. The lowest BCUT2D eigenvalue weighted by Crippen LogP contribution is -2.55. The van der Waals surface area contributed by atoms with Crippen LogP contribution in [-0.4, -0.2) is 49.1 Å². The minimum Gasteiger partial charge on any atom is -0.400 e. The van der Waals surface area contributed by atoms with Gasteiger partial charge in [0.25, 0.3) is 11.2 Å². The molecule has 17 heteroatoms. The Labute approximate surface area is 201 Å². The molecule has 0 unspecified atom stereocenters. The van der Waals surface area contributed by atoms with Crippen molar-refractivity contribution in [3.05, 3.63) is 59.7 Å². The topological polar surface area (TPSA) is 102 Å². The lowest BCUT2D eigenvalue weighted by molar-refractivity contribution is -0.383. The van der Waals surface area contributed by atoms with Gasteiger partial charge in [-0.05, 0) is 24.3 Å². The molecule has 0 aliphatic heterocycles. The summed E-state index contributed by atoms with van der Waals surface area (Å²) in [6.07, 6.45) is -23.0. The van der Waals surface area contributed by atoms with Gasteiger partial charge in [0.2, 0.25) is 0 Å². The van der Waals surface area contributed by atoms with Gasteiger partial charge < -0.3 is 26.4 Å². The van der Waals surface area contributed by atoms with Gasteiger partial charge in [-0.3, -0.25) is 0 Å². The number of methoxy groups -OCH3 is 1. The molecule has 5 nitrogen and oxygen atoms in total. The summed E-state index contributed by atoms with van der Waals surface area (Å²) in [6.45, 7) is 0. The summed E-state index contributed by atoms with van der Waals surface area (Å²) in [4.78, 5) is 0. The third-order valence-corrected chi connectivity index (χ3v) is 4.57. The molecular weight excluding hydrogens is 544 g/mol. The van der Waals surface area contributed by atoms with E-state index in [-0.39, 0.29) is 11.4 Å². The van der Waals surface area contributed by atoms with Crippen LogP contribution in [0.25, 0.3) is 0 Å². The van der Waals surface area contributed by atoms with Crippen molar-refractivity contribution in [1.82, 2.24) is 0 Å². The summed E-state index contributed by atoms with van der Waals surface area (Å²) in [7, 11) is 1.36. The molecule has 0 saturated heterocycles. The van der Waals surface area contributed by atoms with Crippen molar-refractivity contribution in [3.8, 4) is 0 Å². The number of aliphatic hydroxyl groups is 2. The maximum atomic E-state index is 12.8. The fourth-order valence-electron chi connectivity index (χ4n) is 2.77. The largest absolute Gasteiger partial charge is 0.430 e. The predicted molar refractivity (Wildman–Crippen MR) is 107 cm³/mol. The minimum absolute atomic E-state index is 0.0135. The SMILES string of the molecule is CO.COC(c1ccc(N)cc1)(C(F)(F)F)C(F)(F)F.Nc1ccc(C(O)(C(F)(F)F)C(F)(F)F)cc1. The van der Waals surface area contributed by atoms with E-state index in [2.05, 4.69) is 4.74 Å². The summed E-state index contributed by atoms with van der Waals surface area (Å²) < 4.78 is 155. The Morgan fingerprint density at radius 2 is 0.811 bits per heavy atom. The second-order valence-electron chi connectivity index (χ2n) is 6.83. The molecule has 0 amide bonds. The summed E-state index contributed by atoms with van der Waals surface area (Å²) >= 11 is 0. The van der Waals surface area contributed by atoms with E-state index in [1.807, 2.05) is 0 Å². The van der Waals surface area contributed by atoms with Crippen LogP contribution in [0.5, 0.6) is 0 Å². The Bertz CT molecular complexity index is 939. The van der Waals surface area contributed by atoms with E-state index in [0.29, 0.717) is 31.4 Å². The number of benzene rings is 2. The first-order valence-electron chi connectivity index (χ1n) is 9.27. The van der Waals surface area contributed by atoms with Gasteiger partial charge in [0.05, 0.1) is 0 Å². The van der Waals surface area contributed by atoms with Gasteiger partial charge >= 0.3 is 24.7 Å². The van der Waals surface area contributed by atoms with Gasteiger partial charge in [0.15, 0.2) is 0 Å². The maximum absolute atomic E-state index is 12.8. The number of anilines is 2. The van der Waals surface area contributed by atoms with Gasteiger partial charge in [-0.2, -0.15) is 52.7 Å². The van der Waals surface area contributed by atoms with E-state index in [1.54, 1.807) is 0 Å². The van der Waals surface area contributed by atoms with Crippen LogP contribution in [0.1, 0.15) is 11.1 Å². The van der Waals surface area contributed by atoms with Crippen molar-refractivity contribution in [2.45, 2.75) is 35.9 Å². The molecule has 2 rings (SSSR count). The van der Waals surface area contributed by atoms with Crippen molar-refractivity contribution in [2.24, 2.45) is 0 Å². The van der Waals surface area contributed by atoms with Crippen LogP contribution in [0.3, 0.4) is 0 Å². The van der Waals surface area contributed by atoms with Gasteiger partial charge in [0.1, 0.15) is 0 Å². The van der Waals surface area contributed by atoms with Gasteiger partial charge in [-0.1, -0.05) is 24.3 Å². The molecule has 2 aromatic carbocycles. The summed E-state index contributed by atoms with van der Waals surface area (Å²) in [6, 6.07) is 5.82. The lowest BCUT2D eigenvalue weighted by atomic mass is 9.92. The van der Waals surface area contributed by atoms with Crippen molar-refractivity contribution < 1.29 is 67.6 Å².